The molecule has 0 saturated carbocycles. The van der Waals surface area contributed by atoms with Crippen LogP contribution in [0.15, 0.2) is 85.1 Å². The molecule has 0 saturated heterocycles. The molecule has 1 radical (unpaired) electrons. The molecule has 0 aliphatic heterocycles. The van der Waals surface area contributed by atoms with Crippen LogP contribution in [0.3, 0.4) is 0 Å². The predicted octanol–water partition coefficient (Wildman–Crippen LogP) is 9.77. The number of hydrogen-bond acceptors (Lipinski definition) is 1. The molecular weight excluding hydrogens is 706 g/mol. The predicted molar refractivity (Wildman–Crippen MR) is 155 cm³/mol. The molecule has 203 valence electrons. The maximum atomic E-state index is 8.85. The third-order valence-electron chi connectivity index (χ3n) is 5.47. The first-order valence-corrected chi connectivity index (χ1v) is 12.3. The Morgan fingerprint density at radius 3 is 1.59 bits per heavy atom. The fraction of sp³-hybridized carbons (Fsp3) is 0.375. The van der Waals surface area contributed by atoms with E-state index in [1.54, 1.807) is 12.1 Å². The Balaban J connectivity index is -0.000000195. The summed E-state index contributed by atoms with van der Waals surface area (Å²) < 4.78 is 0. The van der Waals surface area contributed by atoms with Gasteiger partial charge in [0.05, 0.1) is 0 Å². The first-order valence-electron chi connectivity index (χ1n) is 12.3. The van der Waals surface area contributed by atoms with Crippen LogP contribution in [0, 0.1) is 5.92 Å². The summed E-state index contributed by atoms with van der Waals surface area (Å²) in [6.07, 6.45) is 6.66. The topological polar surface area (TPSA) is 36.0 Å². The molecule has 5 heteroatoms. The van der Waals surface area contributed by atoms with Crippen LogP contribution in [0.25, 0.3) is 10.9 Å². The van der Waals surface area contributed by atoms with E-state index in [1.807, 2.05) is 18.2 Å². The molecule has 1 aromatic heterocycles. The Kier molecular flexibility index (Phi) is 30.5. The van der Waals surface area contributed by atoms with Crippen molar-refractivity contribution in [2.45, 2.75) is 74.7 Å². The van der Waals surface area contributed by atoms with E-state index in [2.05, 4.69) is 101 Å². The average molecular weight is 754 g/mol. The van der Waals surface area contributed by atoms with Crippen LogP contribution in [-0.2, 0) is 73.0 Å². The van der Waals surface area contributed by atoms with E-state index < -0.39 is 0 Å². The Labute approximate surface area is 265 Å². The minimum absolute atomic E-state index is 0. The number of phenolic OH excluding ortho intramolecular Hbond substituents is 1. The minimum Gasteiger partial charge on any atom is -0.508 e. The zero-order valence-corrected chi connectivity index (χ0v) is 28.6. The van der Waals surface area contributed by atoms with Crippen LogP contribution in [0.2, 0.25) is 0 Å². The van der Waals surface area contributed by atoms with E-state index in [0.29, 0.717) is 5.75 Å². The second-order valence-corrected chi connectivity index (χ2v) is 8.37. The number of aryl methyl sites for hydroxylation is 3. The number of benzene rings is 3. The van der Waals surface area contributed by atoms with Crippen molar-refractivity contribution in [3.05, 3.63) is 102 Å². The van der Waals surface area contributed by atoms with Crippen molar-refractivity contribution in [2.24, 2.45) is 5.92 Å². The van der Waals surface area contributed by atoms with Crippen molar-refractivity contribution in [3.8, 4) is 5.75 Å². The summed E-state index contributed by atoms with van der Waals surface area (Å²) in [5.41, 5.74) is 5.31. The van der Waals surface area contributed by atoms with Gasteiger partial charge < -0.3 is 10.1 Å². The smallest absolute Gasteiger partial charge is 0.115 e. The molecule has 0 aliphatic rings. The van der Waals surface area contributed by atoms with E-state index in [9.17, 15) is 0 Å². The van der Waals surface area contributed by atoms with E-state index in [-0.39, 0.29) is 65.9 Å². The first-order chi connectivity index (χ1) is 15.9. The number of H-pyrrole nitrogens is 1. The van der Waals surface area contributed by atoms with Crippen molar-refractivity contribution in [1.82, 2.24) is 4.98 Å². The van der Waals surface area contributed by atoms with Crippen molar-refractivity contribution in [3.63, 3.8) is 0 Å². The maximum Gasteiger partial charge on any atom is 0.115 e. The van der Waals surface area contributed by atoms with E-state index >= 15 is 0 Å². The van der Waals surface area contributed by atoms with E-state index in [0.717, 1.165) is 25.2 Å². The molecule has 3 aromatic carbocycles. The Hall–Kier alpha value is -1.28. The Morgan fingerprint density at radius 1 is 0.703 bits per heavy atom. The molecule has 0 fully saturated rings. The Morgan fingerprint density at radius 2 is 1.16 bits per heavy atom. The Bertz CT molecular complexity index is 1000. The minimum atomic E-state index is 0. The van der Waals surface area contributed by atoms with Crippen LogP contribution in [0.4, 0.5) is 4.70 Å². The van der Waals surface area contributed by atoms with Crippen molar-refractivity contribution < 1.29 is 63.6 Å². The van der Waals surface area contributed by atoms with Crippen LogP contribution < -0.4 is 0 Å². The zero-order chi connectivity index (χ0) is 24.5. The largest absolute Gasteiger partial charge is 0.508 e. The quantitative estimate of drug-likeness (QED) is 0.214. The van der Waals surface area contributed by atoms with Gasteiger partial charge in [-0.05, 0) is 60.1 Å². The number of aromatic nitrogens is 1. The van der Waals surface area contributed by atoms with Gasteiger partial charge in [-0.25, -0.2) is 0 Å². The number of phenols is 1. The van der Waals surface area contributed by atoms with Gasteiger partial charge in [0.1, 0.15) is 5.75 Å². The molecule has 0 amide bonds. The van der Waals surface area contributed by atoms with Crippen LogP contribution in [0.1, 0.15) is 72.1 Å². The zero-order valence-electron chi connectivity index (χ0n) is 22.8. The van der Waals surface area contributed by atoms with Crippen molar-refractivity contribution in [1.29, 1.82) is 0 Å². The van der Waals surface area contributed by atoms with Crippen LogP contribution >= 0.6 is 0 Å². The second-order valence-electron chi connectivity index (χ2n) is 8.37. The fourth-order valence-electron chi connectivity index (χ4n) is 2.87. The third-order valence-corrected chi connectivity index (χ3v) is 5.47. The second kappa shape index (κ2) is 26.3. The molecule has 0 bridgehead atoms. The molecule has 2 nitrogen and oxygen atoms in total. The number of aromatic amines is 1. The molecule has 4 aromatic rings. The van der Waals surface area contributed by atoms with Gasteiger partial charge in [0.2, 0.25) is 0 Å². The number of para-hydroxylation sites is 1. The van der Waals surface area contributed by atoms with Gasteiger partial charge in [-0.1, -0.05) is 116 Å². The summed E-state index contributed by atoms with van der Waals surface area (Å²) >= 11 is 0. The molecule has 37 heavy (non-hydrogen) atoms. The molecule has 0 aliphatic carbocycles. The van der Waals surface area contributed by atoms with Crippen LogP contribution in [-0.4, -0.2) is 10.1 Å². The molecular formula is C32H48FNOWY. The molecule has 1 heterocycles. The summed E-state index contributed by atoms with van der Waals surface area (Å²) in [7, 11) is 0. The van der Waals surface area contributed by atoms with Gasteiger partial charge in [-0.15, -0.1) is 0 Å². The van der Waals surface area contributed by atoms with Gasteiger partial charge in [-0.2, -0.15) is 0 Å². The summed E-state index contributed by atoms with van der Waals surface area (Å²) in [5, 5.41) is 10.2. The molecule has 4 rings (SSSR count). The number of fused-ring (bicyclic) bond motifs is 1. The van der Waals surface area contributed by atoms with E-state index in [4.69, 9.17) is 5.11 Å². The molecule has 2 N–H and O–H groups in total. The van der Waals surface area contributed by atoms with Crippen molar-refractivity contribution >= 4 is 10.9 Å². The summed E-state index contributed by atoms with van der Waals surface area (Å²) in [6.45, 7) is 13.1. The number of nitrogens with one attached hydrogen (secondary N) is 1. The number of halogens is 1. The molecule has 0 unspecified atom stereocenters. The maximum absolute atomic E-state index is 8.85. The summed E-state index contributed by atoms with van der Waals surface area (Å²) in [5.74, 6) is 1.22. The standard InChI is InChI=1S/C10H11N.C8H10O.C8H10.C5H12.CH4.FH.W.Y/c1-2-8-7-11-10-6-4-3-5-9(8)10;1-2-7-3-5-8(9)6-4-7;1-2-8-6-4-3-5-7-8;1-4-5(2)3;;;;/h3-7,11H,2H2,1H3;3-6,9H,2H2,1H3;3-7H,2H2,1H3;5H,4H2,1-3H3;1H4;1H;;. The van der Waals surface area contributed by atoms with Crippen LogP contribution in [0.5, 0.6) is 5.75 Å². The number of hydrogen-bond donors (Lipinski definition) is 2. The van der Waals surface area contributed by atoms with Gasteiger partial charge in [0.25, 0.3) is 0 Å². The van der Waals surface area contributed by atoms with Crippen molar-refractivity contribution in [2.75, 3.05) is 0 Å². The molecule has 0 atom stereocenters. The third kappa shape index (κ3) is 18.6. The summed E-state index contributed by atoms with van der Waals surface area (Å²) in [6, 6.07) is 26.1. The molecule has 0 spiro atoms. The first kappa shape index (κ1) is 42.8. The van der Waals surface area contributed by atoms with E-state index in [1.165, 1.54) is 34.0 Å². The monoisotopic (exact) mass is 754 g/mol. The van der Waals surface area contributed by atoms with Gasteiger partial charge in [-0.3, -0.25) is 4.70 Å². The summed E-state index contributed by atoms with van der Waals surface area (Å²) in [4.78, 5) is 3.24. The fourth-order valence-corrected chi connectivity index (χ4v) is 2.87. The SMILES string of the molecule is C.CCC(C)C.CCc1c[nH]c2ccccc12.CCc1ccc(O)cc1.CCc1ccccc1.F.[W].[Y]. The normalized spacial score (nSPS) is 8.73. The average Bonchev–Trinajstić information content (AvgIpc) is 3.29. The number of aromatic hydroxyl groups is 1. The van der Waals surface area contributed by atoms with Gasteiger partial charge >= 0.3 is 0 Å². The number of rotatable bonds is 4. The van der Waals surface area contributed by atoms with Gasteiger partial charge in [0.15, 0.2) is 0 Å². The van der Waals surface area contributed by atoms with Gasteiger partial charge in [0, 0.05) is 70.9 Å².